The summed E-state index contributed by atoms with van der Waals surface area (Å²) < 4.78 is 0. The summed E-state index contributed by atoms with van der Waals surface area (Å²) in [5.41, 5.74) is 4.72. The molecule has 0 saturated carbocycles. The topological polar surface area (TPSA) is 49.4 Å². The van der Waals surface area contributed by atoms with Gasteiger partial charge in [0.05, 0.1) is 12.1 Å². The molecular weight excluding hydrogens is 300 g/mol. The molecule has 1 N–H and O–H groups in total. The summed E-state index contributed by atoms with van der Waals surface area (Å²) in [6.45, 7) is 5.95. The van der Waals surface area contributed by atoms with Crippen LogP contribution in [0, 0.1) is 13.8 Å². The van der Waals surface area contributed by atoms with E-state index in [2.05, 4.69) is 12.2 Å². The van der Waals surface area contributed by atoms with Crippen molar-refractivity contribution in [3.8, 4) is 0 Å². The Balaban J connectivity index is 1.88. The molecule has 0 spiro atoms. The molecule has 1 aliphatic heterocycles. The van der Waals surface area contributed by atoms with Crippen LogP contribution in [-0.2, 0) is 16.0 Å². The first-order chi connectivity index (χ1) is 11.5. The largest absolute Gasteiger partial charge is 0.373 e. The Morgan fingerprint density at radius 3 is 2.62 bits per heavy atom. The highest BCUT2D eigenvalue weighted by atomic mass is 16.2. The predicted molar refractivity (Wildman–Crippen MR) is 96.3 cm³/mol. The van der Waals surface area contributed by atoms with Crippen molar-refractivity contribution in [2.24, 2.45) is 0 Å². The van der Waals surface area contributed by atoms with Crippen molar-refractivity contribution in [3.63, 3.8) is 0 Å². The van der Waals surface area contributed by atoms with Crippen LogP contribution in [0.1, 0.15) is 30.0 Å². The van der Waals surface area contributed by atoms with Gasteiger partial charge < -0.3 is 5.32 Å². The maximum atomic E-state index is 12.8. The van der Waals surface area contributed by atoms with Gasteiger partial charge in [-0.15, -0.1) is 0 Å². The van der Waals surface area contributed by atoms with Gasteiger partial charge in [-0.2, -0.15) is 0 Å². The van der Waals surface area contributed by atoms with Crippen molar-refractivity contribution in [3.05, 3.63) is 59.2 Å². The molecule has 1 heterocycles. The number of hydrogen-bond donors (Lipinski definition) is 1. The second kappa shape index (κ2) is 6.48. The number of carbonyl (C=O) groups excluding carboxylic acids is 2. The fourth-order valence-corrected chi connectivity index (χ4v) is 3.12. The van der Waals surface area contributed by atoms with E-state index in [0.29, 0.717) is 5.69 Å². The number of aryl methyl sites for hydroxylation is 3. The number of amides is 2. The Kier molecular flexibility index (Phi) is 4.38. The smallest absolute Gasteiger partial charge is 0.256 e. The summed E-state index contributed by atoms with van der Waals surface area (Å²) in [6, 6.07) is 13.2. The lowest BCUT2D eigenvalue weighted by Crippen LogP contribution is -2.35. The number of benzene rings is 2. The third kappa shape index (κ3) is 2.92. The standard InChI is InChI=1S/C20H22N2O2/c1-4-15-7-5-6-8-16(15)21-17-12-19(23)22(20(17)24)18-11-13(2)9-10-14(18)3/h5-11,17,21H,4,12H2,1-3H3/t17-/m1/s1. The van der Waals surface area contributed by atoms with E-state index in [1.165, 1.54) is 4.90 Å². The van der Waals surface area contributed by atoms with Crippen molar-refractivity contribution in [2.75, 3.05) is 10.2 Å². The predicted octanol–water partition coefficient (Wildman–Crippen LogP) is 3.61. The van der Waals surface area contributed by atoms with E-state index in [9.17, 15) is 9.59 Å². The molecule has 2 aromatic carbocycles. The monoisotopic (exact) mass is 322 g/mol. The van der Waals surface area contributed by atoms with Gasteiger partial charge in [0.25, 0.3) is 5.91 Å². The molecule has 3 rings (SSSR count). The Hall–Kier alpha value is -2.62. The highest BCUT2D eigenvalue weighted by Gasteiger charge is 2.40. The van der Waals surface area contributed by atoms with Crippen LogP contribution in [0.4, 0.5) is 11.4 Å². The van der Waals surface area contributed by atoms with Gasteiger partial charge >= 0.3 is 0 Å². The molecule has 2 aromatic rings. The lowest BCUT2D eigenvalue weighted by molar-refractivity contribution is -0.121. The number of rotatable bonds is 4. The number of para-hydroxylation sites is 1. The van der Waals surface area contributed by atoms with Crippen LogP contribution < -0.4 is 10.2 Å². The van der Waals surface area contributed by atoms with Crippen molar-refractivity contribution in [2.45, 2.75) is 39.7 Å². The summed E-state index contributed by atoms with van der Waals surface area (Å²) in [6.07, 6.45) is 1.06. The van der Waals surface area contributed by atoms with Crippen LogP contribution in [0.15, 0.2) is 42.5 Å². The SMILES string of the molecule is CCc1ccccc1N[C@@H]1CC(=O)N(c2cc(C)ccc2C)C1=O. The molecule has 124 valence electrons. The molecule has 0 aromatic heterocycles. The van der Waals surface area contributed by atoms with Gasteiger partial charge in [0.2, 0.25) is 5.91 Å². The molecule has 1 atom stereocenters. The van der Waals surface area contributed by atoms with E-state index in [4.69, 9.17) is 0 Å². The quantitative estimate of drug-likeness (QED) is 0.875. The Morgan fingerprint density at radius 1 is 1.12 bits per heavy atom. The number of hydrogen-bond acceptors (Lipinski definition) is 3. The first-order valence-corrected chi connectivity index (χ1v) is 8.29. The first-order valence-electron chi connectivity index (χ1n) is 8.29. The second-order valence-corrected chi connectivity index (χ2v) is 6.27. The van der Waals surface area contributed by atoms with E-state index in [0.717, 1.165) is 28.8 Å². The zero-order chi connectivity index (χ0) is 17.3. The maximum Gasteiger partial charge on any atom is 0.256 e. The second-order valence-electron chi connectivity index (χ2n) is 6.27. The number of imide groups is 1. The fraction of sp³-hybridized carbons (Fsp3) is 0.300. The minimum atomic E-state index is -0.509. The minimum Gasteiger partial charge on any atom is -0.373 e. The van der Waals surface area contributed by atoms with E-state index in [-0.39, 0.29) is 18.2 Å². The Labute approximate surface area is 142 Å². The van der Waals surface area contributed by atoms with Gasteiger partial charge in [-0.3, -0.25) is 9.59 Å². The highest BCUT2D eigenvalue weighted by molar-refractivity contribution is 6.23. The number of anilines is 2. The van der Waals surface area contributed by atoms with Crippen LogP contribution in [0.3, 0.4) is 0 Å². The number of carbonyl (C=O) groups is 2. The molecule has 4 nitrogen and oxygen atoms in total. The van der Waals surface area contributed by atoms with Gasteiger partial charge in [0.15, 0.2) is 0 Å². The van der Waals surface area contributed by atoms with E-state index in [1.54, 1.807) is 0 Å². The van der Waals surface area contributed by atoms with E-state index >= 15 is 0 Å². The zero-order valence-electron chi connectivity index (χ0n) is 14.3. The maximum absolute atomic E-state index is 12.8. The van der Waals surface area contributed by atoms with Crippen molar-refractivity contribution >= 4 is 23.2 Å². The molecule has 2 amide bonds. The summed E-state index contributed by atoms with van der Waals surface area (Å²) in [5.74, 6) is -0.334. The average molecular weight is 322 g/mol. The summed E-state index contributed by atoms with van der Waals surface area (Å²) in [7, 11) is 0. The Morgan fingerprint density at radius 2 is 1.88 bits per heavy atom. The summed E-state index contributed by atoms with van der Waals surface area (Å²) >= 11 is 0. The molecule has 1 fully saturated rings. The van der Waals surface area contributed by atoms with E-state index < -0.39 is 6.04 Å². The summed E-state index contributed by atoms with van der Waals surface area (Å²) in [5, 5.41) is 3.26. The molecule has 1 saturated heterocycles. The summed E-state index contributed by atoms with van der Waals surface area (Å²) in [4.78, 5) is 26.6. The van der Waals surface area contributed by atoms with Crippen molar-refractivity contribution in [1.82, 2.24) is 0 Å². The highest BCUT2D eigenvalue weighted by Crippen LogP contribution is 2.29. The van der Waals surface area contributed by atoms with Crippen LogP contribution in [0.2, 0.25) is 0 Å². The van der Waals surface area contributed by atoms with Gasteiger partial charge in [-0.1, -0.05) is 37.3 Å². The van der Waals surface area contributed by atoms with Gasteiger partial charge in [-0.05, 0) is 49.1 Å². The zero-order valence-corrected chi connectivity index (χ0v) is 14.3. The third-order valence-electron chi connectivity index (χ3n) is 4.48. The number of nitrogens with zero attached hydrogens (tertiary/aromatic N) is 1. The van der Waals surface area contributed by atoms with E-state index in [1.807, 2.05) is 56.3 Å². The van der Waals surface area contributed by atoms with Crippen LogP contribution in [0.5, 0.6) is 0 Å². The van der Waals surface area contributed by atoms with Crippen molar-refractivity contribution < 1.29 is 9.59 Å². The van der Waals surface area contributed by atoms with Gasteiger partial charge in [0.1, 0.15) is 6.04 Å². The van der Waals surface area contributed by atoms with Gasteiger partial charge in [-0.25, -0.2) is 4.90 Å². The number of nitrogens with one attached hydrogen (secondary N) is 1. The molecular formula is C20H22N2O2. The van der Waals surface area contributed by atoms with Crippen LogP contribution in [-0.4, -0.2) is 17.9 Å². The lowest BCUT2D eigenvalue weighted by atomic mass is 10.1. The molecule has 1 aliphatic rings. The first kappa shape index (κ1) is 16.2. The molecule has 24 heavy (non-hydrogen) atoms. The molecule has 0 unspecified atom stereocenters. The van der Waals surface area contributed by atoms with Gasteiger partial charge in [0, 0.05) is 5.69 Å². The molecule has 0 aliphatic carbocycles. The molecule has 0 bridgehead atoms. The molecule has 4 heteroatoms. The normalized spacial score (nSPS) is 17.5. The Bertz CT molecular complexity index is 798. The lowest BCUT2D eigenvalue weighted by Gasteiger charge is -2.19. The minimum absolute atomic E-state index is 0.153. The molecule has 0 radical (unpaired) electrons. The fourth-order valence-electron chi connectivity index (χ4n) is 3.12. The van der Waals surface area contributed by atoms with Crippen molar-refractivity contribution in [1.29, 1.82) is 0 Å². The third-order valence-corrected chi connectivity index (χ3v) is 4.48. The average Bonchev–Trinajstić information content (AvgIpc) is 2.84. The van der Waals surface area contributed by atoms with Crippen LogP contribution in [0.25, 0.3) is 0 Å². The van der Waals surface area contributed by atoms with Crippen LogP contribution >= 0.6 is 0 Å².